The van der Waals surface area contributed by atoms with Gasteiger partial charge in [-0.3, -0.25) is 0 Å². The molecular weight excluding hydrogens is 273 g/mol. The number of hydrogen-bond donors (Lipinski definition) is 1. The van der Waals surface area contributed by atoms with Crippen molar-refractivity contribution in [2.75, 3.05) is 7.05 Å². The van der Waals surface area contributed by atoms with Crippen LogP contribution in [0.25, 0.3) is 0 Å². The Bertz CT molecular complexity index is 462. The van der Waals surface area contributed by atoms with Crippen molar-refractivity contribution in [3.8, 4) is 0 Å². The molecule has 0 bridgehead atoms. The molecule has 0 aliphatic heterocycles. The Kier molecular flexibility index (Phi) is 4.46. The highest BCUT2D eigenvalue weighted by molar-refractivity contribution is 7.10. The first kappa shape index (κ1) is 12.9. The van der Waals surface area contributed by atoms with Crippen molar-refractivity contribution in [3.63, 3.8) is 0 Å². The predicted molar refractivity (Wildman–Crippen MR) is 76.3 cm³/mol. The zero-order valence-corrected chi connectivity index (χ0v) is 11.7. The van der Waals surface area contributed by atoms with Crippen LogP contribution in [-0.2, 0) is 6.42 Å². The average Bonchev–Trinajstić information content (AvgIpc) is 2.82. The third-order valence-corrected chi connectivity index (χ3v) is 4.40. The van der Waals surface area contributed by atoms with Gasteiger partial charge in [-0.05, 0) is 42.6 Å². The lowest BCUT2D eigenvalue weighted by molar-refractivity contribution is 0.602. The largest absolute Gasteiger partial charge is 0.312 e. The fourth-order valence-corrected chi connectivity index (χ4v) is 3.15. The van der Waals surface area contributed by atoms with Gasteiger partial charge in [0.1, 0.15) is 0 Å². The summed E-state index contributed by atoms with van der Waals surface area (Å²) in [5, 5.41) is 6.84. The number of rotatable bonds is 4. The quantitative estimate of drug-likeness (QED) is 0.869. The summed E-state index contributed by atoms with van der Waals surface area (Å²) in [5.41, 5.74) is 1.00. The van der Waals surface area contributed by atoms with Crippen LogP contribution in [0.1, 0.15) is 16.5 Å². The molecule has 90 valence electrons. The van der Waals surface area contributed by atoms with E-state index in [4.69, 9.17) is 23.2 Å². The molecule has 2 rings (SSSR count). The number of hydrogen-bond acceptors (Lipinski definition) is 2. The van der Waals surface area contributed by atoms with Crippen LogP contribution in [-0.4, -0.2) is 7.05 Å². The van der Waals surface area contributed by atoms with Crippen molar-refractivity contribution in [1.82, 2.24) is 5.32 Å². The summed E-state index contributed by atoms with van der Waals surface area (Å²) >= 11 is 14.1. The third-order valence-electron chi connectivity index (χ3n) is 2.71. The molecule has 0 spiro atoms. The second-order valence-electron chi connectivity index (χ2n) is 3.76. The van der Waals surface area contributed by atoms with E-state index in [2.05, 4.69) is 22.8 Å². The minimum Gasteiger partial charge on any atom is -0.312 e. The summed E-state index contributed by atoms with van der Waals surface area (Å²) < 4.78 is 0. The number of halogens is 2. The summed E-state index contributed by atoms with van der Waals surface area (Å²) in [6.45, 7) is 0. The molecule has 0 amide bonds. The molecule has 0 aliphatic carbocycles. The fourth-order valence-electron chi connectivity index (χ4n) is 1.77. The van der Waals surface area contributed by atoms with Gasteiger partial charge in [-0.15, -0.1) is 11.3 Å². The fraction of sp³-hybridized carbons (Fsp3) is 0.231. The van der Waals surface area contributed by atoms with E-state index in [-0.39, 0.29) is 6.04 Å². The minimum absolute atomic E-state index is 0.257. The Hall–Kier alpha value is -0.540. The molecule has 0 saturated carbocycles. The SMILES string of the molecule is CNC(Cc1c(Cl)cccc1Cl)c1cccs1. The van der Waals surface area contributed by atoms with E-state index in [0.29, 0.717) is 0 Å². The van der Waals surface area contributed by atoms with Crippen LogP contribution in [0, 0.1) is 0 Å². The molecule has 17 heavy (non-hydrogen) atoms. The molecule has 0 radical (unpaired) electrons. The van der Waals surface area contributed by atoms with Gasteiger partial charge in [0.25, 0.3) is 0 Å². The van der Waals surface area contributed by atoms with Crippen molar-refractivity contribution >= 4 is 34.5 Å². The molecule has 0 saturated heterocycles. The van der Waals surface area contributed by atoms with Gasteiger partial charge in [-0.25, -0.2) is 0 Å². The zero-order chi connectivity index (χ0) is 12.3. The Morgan fingerprint density at radius 3 is 2.41 bits per heavy atom. The standard InChI is InChI=1S/C13H13Cl2NS/c1-16-12(13-6-3-7-17-13)8-9-10(14)4-2-5-11(9)15/h2-7,12,16H,8H2,1H3. The van der Waals surface area contributed by atoms with Crippen LogP contribution in [0.2, 0.25) is 10.0 Å². The minimum atomic E-state index is 0.257. The maximum absolute atomic E-state index is 6.18. The lowest BCUT2D eigenvalue weighted by Crippen LogP contribution is -2.18. The monoisotopic (exact) mass is 285 g/mol. The van der Waals surface area contributed by atoms with Gasteiger partial charge in [-0.2, -0.15) is 0 Å². The molecule has 4 heteroatoms. The third kappa shape index (κ3) is 3.02. The van der Waals surface area contributed by atoms with Gasteiger partial charge in [0.2, 0.25) is 0 Å². The van der Waals surface area contributed by atoms with Crippen LogP contribution < -0.4 is 5.32 Å². The van der Waals surface area contributed by atoms with Crippen LogP contribution in [0.3, 0.4) is 0 Å². The van der Waals surface area contributed by atoms with Crippen molar-refractivity contribution in [2.24, 2.45) is 0 Å². The van der Waals surface area contributed by atoms with E-state index < -0.39 is 0 Å². The first-order valence-electron chi connectivity index (χ1n) is 5.36. The first-order valence-corrected chi connectivity index (χ1v) is 6.99. The summed E-state index contributed by atoms with van der Waals surface area (Å²) in [5.74, 6) is 0. The highest BCUT2D eigenvalue weighted by Gasteiger charge is 2.15. The summed E-state index contributed by atoms with van der Waals surface area (Å²) in [6.07, 6.45) is 0.801. The Morgan fingerprint density at radius 2 is 1.88 bits per heavy atom. The molecule has 2 aromatic rings. The van der Waals surface area contributed by atoms with E-state index in [9.17, 15) is 0 Å². The van der Waals surface area contributed by atoms with Crippen LogP contribution in [0.5, 0.6) is 0 Å². The van der Waals surface area contributed by atoms with Gasteiger partial charge in [0.15, 0.2) is 0 Å². The van der Waals surface area contributed by atoms with Crippen LogP contribution in [0.15, 0.2) is 35.7 Å². The smallest absolute Gasteiger partial charge is 0.0454 e. The average molecular weight is 286 g/mol. The number of thiophene rings is 1. The van der Waals surface area contributed by atoms with Crippen molar-refractivity contribution in [2.45, 2.75) is 12.5 Å². The summed E-state index contributed by atoms with van der Waals surface area (Å²) in [6, 6.07) is 10.1. The van der Waals surface area contributed by atoms with Gasteiger partial charge in [0.05, 0.1) is 0 Å². The maximum atomic E-state index is 6.18. The molecule has 1 N–H and O–H groups in total. The second-order valence-corrected chi connectivity index (χ2v) is 5.55. The van der Waals surface area contributed by atoms with Crippen LogP contribution >= 0.6 is 34.5 Å². The Morgan fingerprint density at radius 1 is 1.18 bits per heavy atom. The van der Waals surface area contributed by atoms with Crippen molar-refractivity contribution < 1.29 is 0 Å². The van der Waals surface area contributed by atoms with Gasteiger partial charge >= 0.3 is 0 Å². The van der Waals surface area contributed by atoms with E-state index in [0.717, 1.165) is 22.0 Å². The predicted octanol–water partition coefficient (Wildman–Crippen LogP) is 4.56. The van der Waals surface area contributed by atoms with Gasteiger partial charge < -0.3 is 5.32 Å². The molecule has 1 aromatic carbocycles. The molecular formula is C13H13Cl2NS. The van der Waals surface area contributed by atoms with Crippen molar-refractivity contribution in [3.05, 3.63) is 56.2 Å². The lowest BCUT2D eigenvalue weighted by Gasteiger charge is -2.16. The number of nitrogens with one attached hydrogen (secondary N) is 1. The molecule has 1 heterocycles. The van der Waals surface area contributed by atoms with E-state index >= 15 is 0 Å². The Labute approximate surface area is 115 Å². The highest BCUT2D eigenvalue weighted by atomic mass is 35.5. The van der Waals surface area contributed by atoms with E-state index in [1.54, 1.807) is 11.3 Å². The zero-order valence-electron chi connectivity index (χ0n) is 9.41. The highest BCUT2D eigenvalue weighted by Crippen LogP contribution is 2.30. The first-order chi connectivity index (χ1) is 8.22. The van der Waals surface area contributed by atoms with E-state index in [1.165, 1.54) is 4.88 Å². The molecule has 1 aromatic heterocycles. The van der Waals surface area contributed by atoms with Gasteiger partial charge in [0, 0.05) is 21.0 Å². The molecule has 1 unspecified atom stereocenters. The number of likely N-dealkylation sites (N-methyl/N-ethyl adjacent to an activating group) is 1. The summed E-state index contributed by atoms with van der Waals surface area (Å²) in [4.78, 5) is 1.29. The molecule has 1 nitrogen and oxygen atoms in total. The lowest BCUT2D eigenvalue weighted by atomic mass is 10.0. The molecule has 0 fully saturated rings. The molecule has 0 aliphatic rings. The Balaban J connectivity index is 2.25. The number of benzene rings is 1. The normalized spacial score (nSPS) is 12.6. The van der Waals surface area contributed by atoms with Crippen molar-refractivity contribution in [1.29, 1.82) is 0 Å². The second kappa shape index (κ2) is 5.87. The maximum Gasteiger partial charge on any atom is 0.0454 e. The molecule has 1 atom stereocenters. The van der Waals surface area contributed by atoms with Gasteiger partial charge in [-0.1, -0.05) is 35.3 Å². The van der Waals surface area contributed by atoms with E-state index in [1.807, 2.05) is 25.2 Å². The topological polar surface area (TPSA) is 12.0 Å². The van der Waals surface area contributed by atoms with Crippen LogP contribution in [0.4, 0.5) is 0 Å². The summed E-state index contributed by atoms with van der Waals surface area (Å²) in [7, 11) is 1.95.